The molecule has 0 saturated heterocycles. The second kappa shape index (κ2) is 26.3. The first-order valence-electron chi connectivity index (χ1n) is 21.4. The summed E-state index contributed by atoms with van der Waals surface area (Å²) in [5.74, 6) is -6.91. The van der Waals surface area contributed by atoms with Crippen LogP contribution in [0.1, 0.15) is 63.6 Å². The van der Waals surface area contributed by atoms with Crippen molar-refractivity contribution in [3.05, 3.63) is 102 Å². The first-order valence-corrected chi connectivity index (χ1v) is 21.4. The van der Waals surface area contributed by atoms with Crippen LogP contribution in [0.5, 0.6) is 5.75 Å². The summed E-state index contributed by atoms with van der Waals surface area (Å²) in [5.41, 5.74) is 13.6. The van der Waals surface area contributed by atoms with Gasteiger partial charge in [-0.2, -0.15) is 0 Å². The molecule has 0 bridgehead atoms. The number of aliphatic carboxylic acids is 1. The summed E-state index contributed by atoms with van der Waals surface area (Å²) >= 11 is 0. The molecule has 0 aromatic heterocycles. The Hall–Kier alpha value is -6.37. The number of aromatic hydroxyl groups is 1. The van der Waals surface area contributed by atoms with Crippen LogP contribution in [-0.2, 0) is 52.8 Å². The van der Waals surface area contributed by atoms with Gasteiger partial charge in [0.15, 0.2) is 0 Å². The second-order valence-corrected chi connectivity index (χ2v) is 16.4. The van der Waals surface area contributed by atoms with Gasteiger partial charge in [-0.1, -0.05) is 100 Å². The van der Waals surface area contributed by atoms with Crippen molar-refractivity contribution in [1.82, 2.24) is 31.9 Å². The summed E-state index contributed by atoms with van der Waals surface area (Å²) in [4.78, 5) is 94.3. The summed E-state index contributed by atoms with van der Waals surface area (Å²) in [6, 6.07) is 14.8. The lowest BCUT2D eigenvalue weighted by Crippen LogP contribution is -2.62. The van der Waals surface area contributed by atoms with E-state index in [0.717, 1.165) is 0 Å². The van der Waals surface area contributed by atoms with Gasteiger partial charge in [-0.15, -0.1) is 0 Å². The van der Waals surface area contributed by atoms with Gasteiger partial charge in [0.1, 0.15) is 42.0 Å². The van der Waals surface area contributed by atoms with Gasteiger partial charge < -0.3 is 58.7 Å². The number of phenolic OH excluding ortho intramolecular Hbond substituents is 1. The van der Waals surface area contributed by atoms with Gasteiger partial charge in [0.2, 0.25) is 35.4 Å². The average molecular weight is 889 g/mol. The number of aliphatic hydroxyl groups excluding tert-OH is 1. The molecular formula is C46H64N8O10. The van der Waals surface area contributed by atoms with Gasteiger partial charge in [-0.05, 0) is 72.9 Å². The molecule has 64 heavy (non-hydrogen) atoms. The largest absolute Gasteiger partial charge is 0.508 e. The molecule has 3 rings (SSSR count). The summed E-state index contributed by atoms with van der Waals surface area (Å²) in [6.07, 6.45) is 1.18. The number of rotatable bonds is 26. The van der Waals surface area contributed by atoms with Crippen molar-refractivity contribution in [2.24, 2.45) is 23.3 Å². The molecule has 0 radical (unpaired) electrons. The molecule has 18 nitrogen and oxygen atoms in total. The van der Waals surface area contributed by atoms with Crippen molar-refractivity contribution in [1.29, 1.82) is 0 Å². The van der Waals surface area contributed by atoms with Crippen LogP contribution >= 0.6 is 0 Å². The average Bonchev–Trinajstić information content (AvgIpc) is 3.26. The number of aliphatic hydroxyl groups is 1. The Bertz CT molecular complexity index is 1980. The van der Waals surface area contributed by atoms with E-state index in [1.807, 2.05) is 0 Å². The van der Waals surface area contributed by atoms with E-state index in [1.54, 1.807) is 100 Å². The molecule has 0 saturated carbocycles. The highest BCUT2D eigenvalue weighted by Crippen LogP contribution is 2.13. The van der Waals surface area contributed by atoms with E-state index < -0.39 is 102 Å². The number of hydrogen-bond donors (Lipinski definition) is 11. The molecule has 0 heterocycles. The molecule has 18 heteroatoms. The number of amides is 6. The number of carboxylic acids is 1. The van der Waals surface area contributed by atoms with Crippen LogP contribution in [-0.4, -0.2) is 112 Å². The molecule has 0 spiro atoms. The van der Waals surface area contributed by atoms with Gasteiger partial charge in [-0.25, -0.2) is 4.79 Å². The number of phenols is 1. The molecule has 0 unspecified atom stereocenters. The molecule has 0 aliphatic carbocycles. The predicted octanol–water partition coefficient (Wildman–Crippen LogP) is 0.174. The Kier molecular flexibility index (Phi) is 21.4. The molecule has 7 atom stereocenters. The number of carboxylic acid groups (broad SMARTS) is 1. The number of hydrogen-bond acceptors (Lipinski definition) is 11. The summed E-state index contributed by atoms with van der Waals surface area (Å²) in [7, 11) is 0. The topological polar surface area (TPSA) is 304 Å². The third-order valence-corrected chi connectivity index (χ3v) is 10.4. The Balaban J connectivity index is 1.80. The lowest BCUT2D eigenvalue weighted by molar-refractivity contribution is -0.142. The fraction of sp³-hybridized carbons (Fsp3) is 0.457. The molecule has 0 aliphatic heterocycles. The molecular weight excluding hydrogens is 825 g/mol. The molecule has 3 aromatic rings. The summed E-state index contributed by atoms with van der Waals surface area (Å²) < 4.78 is 0. The minimum absolute atomic E-state index is 0.0000273. The van der Waals surface area contributed by atoms with E-state index in [0.29, 0.717) is 36.1 Å². The number of nitrogens with two attached hydrogens (primary N) is 2. The van der Waals surface area contributed by atoms with Crippen molar-refractivity contribution in [2.45, 2.75) is 109 Å². The maximum Gasteiger partial charge on any atom is 0.326 e. The maximum atomic E-state index is 14.2. The van der Waals surface area contributed by atoms with Crippen molar-refractivity contribution < 1.29 is 48.9 Å². The van der Waals surface area contributed by atoms with Crippen molar-refractivity contribution in [3.63, 3.8) is 0 Å². The SMILES string of the molecule is CC(C)[C@H](NC(=O)[C@H](CO)NC(=O)[C@@H](N)Cc1ccc(O)cc1)C(=O)N[C@H](C(=O)N[C@@H](Cc1ccccc1)C(=O)N[C@@H](Cc1ccccc1)C(=O)N[C@@H](CCCCN)C(=O)O)C(C)C. The van der Waals surface area contributed by atoms with E-state index in [2.05, 4.69) is 31.9 Å². The minimum Gasteiger partial charge on any atom is -0.508 e. The zero-order valence-corrected chi connectivity index (χ0v) is 36.8. The smallest absolute Gasteiger partial charge is 0.326 e. The number of nitrogens with one attached hydrogen (secondary N) is 6. The normalized spacial score (nSPS) is 14.5. The maximum absolute atomic E-state index is 14.2. The first-order chi connectivity index (χ1) is 30.4. The van der Waals surface area contributed by atoms with Gasteiger partial charge >= 0.3 is 5.97 Å². The monoisotopic (exact) mass is 888 g/mol. The third-order valence-electron chi connectivity index (χ3n) is 10.4. The number of carbonyl (C=O) groups is 7. The van der Waals surface area contributed by atoms with E-state index in [4.69, 9.17) is 11.5 Å². The Morgan fingerprint density at radius 1 is 0.516 bits per heavy atom. The Morgan fingerprint density at radius 2 is 0.922 bits per heavy atom. The predicted molar refractivity (Wildman–Crippen MR) is 239 cm³/mol. The van der Waals surface area contributed by atoms with Crippen LogP contribution in [0.15, 0.2) is 84.9 Å². The van der Waals surface area contributed by atoms with E-state index in [9.17, 15) is 48.9 Å². The standard InChI is InChI=1S/C46H64N8O10/c1-27(2)38(54-45(62)39(28(3)4)53-43(60)37(26-55)52-40(57)33(48)23-31-18-20-32(56)21-19-31)44(61)51-36(25-30-15-9-6-10-16-30)42(59)50-35(24-29-13-7-5-8-14-29)41(58)49-34(46(63)64)17-11-12-22-47/h5-10,13-16,18-21,27-28,33-39,55-56H,11-12,17,22-26,47-48H2,1-4H3,(H,49,58)(H,50,59)(H,51,61)(H,52,57)(H,53,60)(H,54,62)(H,63,64)/t33-,34-,35-,36-,37-,38-,39-/m0/s1. The summed E-state index contributed by atoms with van der Waals surface area (Å²) in [5, 5.41) is 45.1. The van der Waals surface area contributed by atoms with Crippen molar-refractivity contribution in [3.8, 4) is 5.75 Å². The highest BCUT2D eigenvalue weighted by molar-refractivity contribution is 5.97. The van der Waals surface area contributed by atoms with Crippen molar-refractivity contribution >= 4 is 41.4 Å². The van der Waals surface area contributed by atoms with E-state index >= 15 is 0 Å². The van der Waals surface area contributed by atoms with Gasteiger partial charge in [-0.3, -0.25) is 28.8 Å². The fourth-order valence-electron chi connectivity index (χ4n) is 6.69. The van der Waals surface area contributed by atoms with Crippen LogP contribution < -0.4 is 43.4 Å². The fourth-order valence-corrected chi connectivity index (χ4v) is 6.69. The first kappa shape index (κ1) is 52.0. The molecule has 13 N–H and O–H groups in total. The summed E-state index contributed by atoms with van der Waals surface area (Å²) in [6.45, 7) is 6.17. The van der Waals surface area contributed by atoms with Gasteiger partial charge in [0.05, 0.1) is 12.6 Å². The zero-order valence-electron chi connectivity index (χ0n) is 36.8. The Labute approximate surface area is 373 Å². The van der Waals surface area contributed by atoms with Crippen LogP contribution in [0.2, 0.25) is 0 Å². The lowest BCUT2D eigenvalue weighted by atomic mass is 9.98. The quantitative estimate of drug-likeness (QED) is 0.0481. The van der Waals surface area contributed by atoms with Crippen LogP contribution in [0, 0.1) is 11.8 Å². The van der Waals surface area contributed by atoms with Crippen molar-refractivity contribution in [2.75, 3.05) is 13.2 Å². The van der Waals surface area contributed by atoms with Crippen LogP contribution in [0.3, 0.4) is 0 Å². The van der Waals surface area contributed by atoms with Crippen LogP contribution in [0.25, 0.3) is 0 Å². The molecule has 6 amide bonds. The zero-order chi connectivity index (χ0) is 47.3. The molecule has 0 fully saturated rings. The van der Waals surface area contributed by atoms with E-state index in [1.165, 1.54) is 12.1 Å². The number of unbranched alkanes of at least 4 members (excludes halogenated alkanes) is 1. The highest BCUT2D eigenvalue weighted by atomic mass is 16.4. The lowest BCUT2D eigenvalue weighted by Gasteiger charge is -2.30. The Morgan fingerprint density at radius 3 is 1.38 bits per heavy atom. The van der Waals surface area contributed by atoms with E-state index in [-0.39, 0.29) is 31.4 Å². The van der Waals surface area contributed by atoms with Gasteiger partial charge in [0, 0.05) is 12.8 Å². The number of carbonyl (C=O) groups excluding carboxylic acids is 6. The van der Waals surface area contributed by atoms with Gasteiger partial charge in [0.25, 0.3) is 0 Å². The molecule has 3 aromatic carbocycles. The second-order valence-electron chi connectivity index (χ2n) is 16.4. The van der Waals surface area contributed by atoms with Crippen LogP contribution in [0.4, 0.5) is 0 Å². The highest BCUT2D eigenvalue weighted by Gasteiger charge is 2.35. The number of benzene rings is 3. The minimum atomic E-state index is -1.48. The third kappa shape index (κ3) is 17.1. The molecule has 348 valence electrons. The molecule has 0 aliphatic rings.